The third-order valence-corrected chi connectivity index (χ3v) is 4.91. The molecule has 2 heterocycles. The summed E-state index contributed by atoms with van der Waals surface area (Å²) in [5, 5.41) is 1.56. The van der Waals surface area contributed by atoms with Gasteiger partial charge in [-0.25, -0.2) is 14.6 Å². The highest BCUT2D eigenvalue weighted by Crippen LogP contribution is 2.25. The Balaban J connectivity index is 1.70. The highest BCUT2D eigenvalue weighted by molar-refractivity contribution is 6.03. The first-order valence-corrected chi connectivity index (χ1v) is 9.66. The number of benzene rings is 2. The predicted octanol–water partition coefficient (Wildman–Crippen LogP) is 4.63. The molecule has 0 atom stereocenters. The van der Waals surface area contributed by atoms with E-state index in [0.717, 1.165) is 16.5 Å². The molecule has 6 heteroatoms. The van der Waals surface area contributed by atoms with Crippen LogP contribution >= 0.6 is 0 Å². The van der Waals surface area contributed by atoms with Crippen molar-refractivity contribution in [3.8, 4) is 0 Å². The molecular weight excluding hydrogens is 380 g/mol. The second-order valence-electron chi connectivity index (χ2n) is 6.75. The number of ether oxygens (including phenoxy) is 2. The first-order valence-electron chi connectivity index (χ1n) is 9.66. The zero-order valence-corrected chi connectivity index (χ0v) is 16.7. The molecule has 0 aliphatic carbocycles. The molecule has 2 aromatic heterocycles. The number of nitrogens with zero attached hydrogens (tertiary/aromatic N) is 2. The van der Waals surface area contributed by atoms with Crippen LogP contribution < -0.4 is 0 Å². The van der Waals surface area contributed by atoms with E-state index in [2.05, 4.69) is 9.97 Å². The standard InChI is InChI=1S/C24H20N2O4/c1-3-29-24(28)22-15(2)16-8-4-5-11-20(16)26-21(22)14-30-23(27)18-9-6-12-19-17(18)10-7-13-25-19/h4-13H,3,14H2,1-2H3. The number of hydrogen-bond donors (Lipinski definition) is 0. The van der Waals surface area contributed by atoms with Crippen LogP contribution in [-0.2, 0) is 16.1 Å². The van der Waals surface area contributed by atoms with E-state index in [9.17, 15) is 9.59 Å². The Labute approximate surface area is 173 Å². The van der Waals surface area contributed by atoms with E-state index in [1.807, 2.05) is 43.3 Å². The van der Waals surface area contributed by atoms with Gasteiger partial charge in [0, 0.05) is 17.0 Å². The number of carbonyl (C=O) groups is 2. The lowest BCUT2D eigenvalue weighted by Crippen LogP contribution is -2.15. The van der Waals surface area contributed by atoms with E-state index in [4.69, 9.17) is 9.47 Å². The quantitative estimate of drug-likeness (QED) is 0.455. The fourth-order valence-corrected chi connectivity index (χ4v) is 3.51. The molecule has 0 saturated carbocycles. The highest BCUT2D eigenvalue weighted by Gasteiger charge is 2.21. The van der Waals surface area contributed by atoms with Crippen molar-refractivity contribution in [1.29, 1.82) is 0 Å². The Kier molecular flexibility index (Phi) is 5.39. The normalized spacial score (nSPS) is 10.9. The van der Waals surface area contributed by atoms with Crippen molar-refractivity contribution in [2.75, 3.05) is 6.61 Å². The van der Waals surface area contributed by atoms with Gasteiger partial charge in [0.25, 0.3) is 0 Å². The minimum Gasteiger partial charge on any atom is -0.462 e. The number of hydrogen-bond acceptors (Lipinski definition) is 6. The Bertz CT molecular complexity index is 1260. The van der Waals surface area contributed by atoms with Crippen molar-refractivity contribution in [3.05, 3.63) is 83.2 Å². The van der Waals surface area contributed by atoms with Gasteiger partial charge in [0.2, 0.25) is 0 Å². The van der Waals surface area contributed by atoms with Gasteiger partial charge in [-0.05, 0) is 43.7 Å². The van der Waals surface area contributed by atoms with Crippen molar-refractivity contribution in [2.24, 2.45) is 0 Å². The molecule has 6 nitrogen and oxygen atoms in total. The average Bonchev–Trinajstić information content (AvgIpc) is 2.77. The lowest BCUT2D eigenvalue weighted by atomic mass is 10.0. The summed E-state index contributed by atoms with van der Waals surface area (Å²) in [7, 11) is 0. The fraction of sp³-hybridized carbons (Fsp3) is 0.167. The van der Waals surface area contributed by atoms with Crippen LogP contribution in [0.4, 0.5) is 0 Å². The molecule has 0 fully saturated rings. The molecule has 4 rings (SSSR count). The Morgan fingerprint density at radius 2 is 1.63 bits per heavy atom. The number of carbonyl (C=O) groups excluding carboxylic acids is 2. The molecule has 150 valence electrons. The summed E-state index contributed by atoms with van der Waals surface area (Å²) in [4.78, 5) is 34.2. The first kappa shape index (κ1) is 19.5. The van der Waals surface area contributed by atoms with Gasteiger partial charge < -0.3 is 9.47 Å². The van der Waals surface area contributed by atoms with Crippen LogP contribution in [0, 0.1) is 6.92 Å². The fourth-order valence-electron chi connectivity index (χ4n) is 3.51. The smallest absolute Gasteiger partial charge is 0.340 e. The van der Waals surface area contributed by atoms with Crippen LogP contribution in [0.2, 0.25) is 0 Å². The average molecular weight is 400 g/mol. The van der Waals surface area contributed by atoms with E-state index in [1.165, 1.54) is 0 Å². The Morgan fingerprint density at radius 3 is 2.47 bits per heavy atom. The molecule has 0 spiro atoms. The molecule has 2 aromatic carbocycles. The summed E-state index contributed by atoms with van der Waals surface area (Å²) in [6, 6.07) is 16.4. The molecule has 4 aromatic rings. The predicted molar refractivity (Wildman–Crippen MR) is 113 cm³/mol. The SMILES string of the molecule is CCOC(=O)c1c(COC(=O)c2cccc3ncccc23)nc2ccccc2c1C. The maximum atomic E-state index is 12.8. The lowest BCUT2D eigenvalue weighted by Gasteiger charge is -2.14. The summed E-state index contributed by atoms with van der Waals surface area (Å²) < 4.78 is 10.8. The minimum atomic E-state index is -0.504. The van der Waals surface area contributed by atoms with Crippen molar-refractivity contribution in [3.63, 3.8) is 0 Å². The van der Waals surface area contributed by atoms with Crippen molar-refractivity contribution >= 4 is 33.7 Å². The van der Waals surface area contributed by atoms with Crippen LogP contribution in [0.15, 0.2) is 60.8 Å². The van der Waals surface area contributed by atoms with Crippen LogP contribution in [0.1, 0.15) is 38.9 Å². The third-order valence-electron chi connectivity index (χ3n) is 4.91. The van der Waals surface area contributed by atoms with Gasteiger partial charge in [-0.2, -0.15) is 0 Å². The molecule has 0 saturated heterocycles. The largest absolute Gasteiger partial charge is 0.462 e. The second kappa shape index (κ2) is 8.29. The molecule has 0 radical (unpaired) electrons. The van der Waals surface area contributed by atoms with Crippen molar-refractivity contribution < 1.29 is 19.1 Å². The van der Waals surface area contributed by atoms with Crippen LogP contribution in [-0.4, -0.2) is 28.5 Å². The highest BCUT2D eigenvalue weighted by atomic mass is 16.5. The topological polar surface area (TPSA) is 78.4 Å². The summed E-state index contributed by atoms with van der Waals surface area (Å²) >= 11 is 0. The number of aromatic nitrogens is 2. The molecule has 0 amide bonds. The maximum absolute atomic E-state index is 12.8. The van der Waals surface area contributed by atoms with Crippen LogP contribution in [0.3, 0.4) is 0 Å². The second-order valence-corrected chi connectivity index (χ2v) is 6.75. The van der Waals surface area contributed by atoms with Gasteiger partial charge in [0.1, 0.15) is 6.61 Å². The molecule has 0 N–H and O–H groups in total. The minimum absolute atomic E-state index is 0.144. The zero-order valence-electron chi connectivity index (χ0n) is 16.7. The lowest BCUT2D eigenvalue weighted by molar-refractivity contribution is 0.0446. The number of para-hydroxylation sites is 1. The zero-order chi connectivity index (χ0) is 21.1. The Hall–Kier alpha value is -3.80. The van der Waals surface area contributed by atoms with E-state index in [-0.39, 0.29) is 13.2 Å². The summed E-state index contributed by atoms with van der Waals surface area (Å²) in [5.74, 6) is -0.982. The van der Waals surface area contributed by atoms with Gasteiger partial charge in [-0.15, -0.1) is 0 Å². The van der Waals surface area contributed by atoms with Gasteiger partial charge in [0.15, 0.2) is 0 Å². The van der Waals surface area contributed by atoms with E-state index in [0.29, 0.717) is 27.7 Å². The molecule has 0 bridgehead atoms. The maximum Gasteiger partial charge on any atom is 0.340 e. The third kappa shape index (κ3) is 3.59. The number of rotatable bonds is 5. The number of pyridine rings is 2. The number of esters is 2. The molecule has 30 heavy (non-hydrogen) atoms. The molecule has 0 aliphatic heterocycles. The Morgan fingerprint density at radius 1 is 0.867 bits per heavy atom. The van der Waals surface area contributed by atoms with Crippen molar-refractivity contribution in [1.82, 2.24) is 9.97 Å². The number of aryl methyl sites for hydroxylation is 1. The van der Waals surface area contributed by atoms with Gasteiger partial charge in [-0.1, -0.05) is 30.3 Å². The summed E-state index contributed by atoms with van der Waals surface area (Å²) in [6.45, 7) is 3.69. The van der Waals surface area contributed by atoms with Crippen molar-refractivity contribution in [2.45, 2.75) is 20.5 Å². The van der Waals surface area contributed by atoms with E-state index < -0.39 is 11.9 Å². The van der Waals surface area contributed by atoms with Gasteiger partial charge in [0.05, 0.1) is 34.5 Å². The number of fused-ring (bicyclic) bond motifs is 2. The van der Waals surface area contributed by atoms with E-state index >= 15 is 0 Å². The summed E-state index contributed by atoms with van der Waals surface area (Å²) in [6.07, 6.45) is 1.67. The van der Waals surface area contributed by atoms with Gasteiger partial charge in [-0.3, -0.25) is 4.98 Å². The van der Waals surface area contributed by atoms with E-state index in [1.54, 1.807) is 31.3 Å². The monoisotopic (exact) mass is 400 g/mol. The molecule has 0 aliphatic rings. The van der Waals surface area contributed by atoms with Gasteiger partial charge >= 0.3 is 11.9 Å². The van der Waals surface area contributed by atoms with Crippen LogP contribution in [0.25, 0.3) is 21.8 Å². The van der Waals surface area contributed by atoms with Crippen LogP contribution in [0.5, 0.6) is 0 Å². The first-order chi connectivity index (χ1) is 14.6. The molecule has 0 unspecified atom stereocenters. The summed E-state index contributed by atoms with van der Waals surface area (Å²) in [5.41, 5.74) is 3.30. The molecular formula is C24H20N2O4.